The normalized spacial score (nSPS) is 9.00. The van der Waals surface area contributed by atoms with Crippen LogP contribution in [0.3, 0.4) is 0 Å². The maximum atomic E-state index is 11.0. The highest BCUT2D eigenvalue weighted by Gasteiger charge is 2.11. The molecule has 82 valence electrons. The van der Waals surface area contributed by atoms with E-state index in [1.54, 1.807) is 0 Å². The van der Waals surface area contributed by atoms with Gasteiger partial charge in [-0.05, 0) is 24.3 Å². The second kappa shape index (κ2) is 5.29. The van der Waals surface area contributed by atoms with Crippen molar-refractivity contribution in [2.45, 2.75) is 0 Å². The number of rotatable bonds is 4. The quantitative estimate of drug-likeness (QED) is 0.563. The highest BCUT2D eigenvalue weighted by molar-refractivity contribution is 5.93. The third kappa shape index (κ3) is 2.67. The number of hydrogen-bond donors (Lipinski definition) is 0. The van der Waals surface area contributed by atoms with Crippen molar-refractivity contribution in [3.05, 3.63) is 45.2 Å². The van der Waals surface area contributed by atoms with Crippen LogP contribution in [0.2, 0.25) is 0 Å². The molecule has 1 aromatic rings. The summed E-state index contributed by atoms with van der Waals surface area (Å²) in [6, 6.07) is 4.81. The van der Waals surface area contributed by atoms with Gasteiger partial charge in [0.15, 0.2) is 10.7 Å². The third-order valence-electron chi connectivity index (χ3n) is 1.60. The molecule has 8 heteroatoms. The number of carbonyl (C=O) groups is 2. The molecule has 0 heterocycles. The van der Waals surface area contributed by atoms with Crippen LogP contribution in [0.5, 0.6) is 0 Å². The molecular formula is C8H4N2O6. The topological polar surface area (TPSA) is 111 Å². The molecule has 0 N–H and O–H groups in total. The number of hydrogen-bond acceptors (Lipinski definition) is 8. The zero-order valence-electron chi connectivity index (χ0n) is 7.65. The molecule has 0 bridgehead atoms. The third-order valence-corrected chi connectivity index (χ3v) is 1.60. The molecule has 0 aromatic heterocycles. The molecule has 0 aliphatic carbocycles. The van der Waals surface area contributed by atoms with Crippen molar-refractivity contribution in [2.24, 2.45) is 10.7 Å². The molecule has 0 fully saturated rings. The lowest BCUT2D eigenvalue weighted by molar-refractivity contribution is 0.0494. The molecular weight excluding hydrogens is 220 g/mol. The summed E-state index contributed by atoms with van der Waals surface area (Å²) in [7, 11) is 0. The molecule has 0 atom stereocenters. The smallest absolute Gasteiger partial charge is 0.279 e. The maximum Gasteiger partial charge on any atom is 0.369 e. The zero-order chi connectivity index (χ0) is 12.0. The summed E-state index contributed by atoms with van der Waals surface area (Å²) in [5, 5.41) is 3.90. The van der Waals surface area contributed by atoms with Crippen molar-refractivity contribution in [1.29, 1.82) is 0 Å². The van der Waals surface area contributed by atoms with Crippen LogP contribution in [-0.4, -0.2) is 11.9 Å². The van der Waals surface area contributed by atoms with E-state index in [9.17, 15) is 19.4 Å². The van der Waals surface area contributed by atoms with Gasteiger partial charge in [0.1, 0.15) is 0 Å². The second-order valence-electron chi connectivity index (χ2n) is 2.48. The van der Waals surface area contributed by atoms with E-state index in [1.807, 2.05) is 10.7 Å². The number of benzene rings is 1. The van der Waals surface area contributed by atoms with Gasteiger partial charge in [-0.25, -0.2) is 9.59 Å². The van der Waals surface area contributed by atoms with Crippen molar-refractivity contribution in [3.63, 3.8) is 0 Å². The van der Waals surface area contributed by atoms with Crippen LogP contribution in [-0.2, 0) is 9.68 Å². The molecule has 8 nitrogen and oxygen atoms in total. The van der Waals surface area contributed by atoms with Crippen molar-refractivity contribution in [2.75, 3.05) is 0 Å². The molecule has 1 aromatic carbocycles. The molecule has 0 aliphatic rings. The lowest BCUT2D eigenvalue weighted by Gasteiger charge is -1.97. The second-order valence-corrected chi connectivity index (χ2v) is 2.48. The molecule has 0 saturated carbocycles. The fourth-order valence-corrected chi connectivity index (χ4v) is 0.915. The van der Waals surface area contributed by atoms with Crippen molar-refractivity contribution < 1.29 is 19.3 Å². The van der Waals surface area contributed by atoms with Gasteiger partial charge < -0.3 is 0 Å². The Kier molecular flexibility index (Phi) is 3.78. The summed E-state index contributed by atoms with van der Waals surface area (Å²) >= 11 is 0. The van der Waals surface area contributed by atoms with Crippen LogP contribution in [0.25, 0.3) is 0 Å². The maximum absolute atomic E-state index is 11.0. The fraction of sp³-hybridized carbons (Fsp3) is 0. The van der Waals surface area contributed by atoms with Crippen LogP contribution >= 0.6 is 0 Å². The lowest BCUT2D eigenvalue weighted by Crippen LogP contribution is -2.03. The molecule has 0 saturated heterocycles. The Morgan fingerprint density at radius 3 is 1.38 bits per heavy atom. The minimum Gasteiger partial charge on any atom is -0.279 e. The Hall–Kier alpha value is -2.64. The van der Waals surface area contributed by atoms with Crippen molar-refractivity contribution >= 4 is 11.9 Å². The average molecular weight is 224 g/mol. The van der Waals surface area contributed by atoms with E-state index in [0.717, 1.165) is 0 Å². The van der Waals surface area contributed by atoms with Gasteiger partial charge in [0.25, 0.3) is 0 Å². The highest BCUT2D eigenvalue weighted by atomic mass is 16.7. The van der Waals surface area contributed by atoms with Crippen LogP contribution < -0.4 is 0 Å². The summed E-state index contributed by atoms with van der Waals surface area (Å²) in [6.07, 6.45) is 0. The largest absolute Gasteiger partial charge is 0.369 e. The Bertz CT molecular complexity index is 386. The summed E-state index contributed by atoms with van der Waals surface area (Å²) in [5.74, 6) is -1.91. The zero-order valence-corrected chi connectivity index (χ0v) is 7.65. The van der Waals surface area contributed by atoms with Crippen molar-refractivity contribution in [1.82, 2.24) is 0 Å². The first-order valence-electron chi connectivity index (χ1n) is 3.87. The summed E-state index contributed by atoms with van der Waals surface area (Å²) in [5.41, 5.74) is 0.0467. The lowest BCUT2D eigenvalue weighted by atomic mass is 10.1. The Balaban J connectivity index is 2.82. The first-order chi connectivity index (χ1) is 7.69. The van der Waals surface area contributed by atoms with Crippen LogP contribution in [0.4, 0.5) is 0 Å². The SMILES string of the molecule is O=NOC(=O)c1ccc(C(=O)ON=O)cc1. The molecule has 0 radical (unpaired) electrons. The van der Waals surface area contributed by atoms with E-state index in [2.05, 4.69) is 9.68 Å². The molecule has 0 amide bonds. The monoisotopic (exact) mass is 224 g/mol. The van der Waals surface area contributed by atoms with Gasteiger partial charge in [-0.3, -0.25) is 9.68 Å². The summed E-state index contributed by atoms with van der Waals surface area (Å²) in [6.45, 7) is 0. The molecule has 16 heavy (non-hydrogen) atoms. The van der Waals surface area contributed by atoms with Gasteiger partial charge in [0.05, 0.1) is 11.1 Å². The summed E-state index contributed by atoms with van der Waals surface area (Å²) in [4.78, 5) is 48.8. The van der Waals surface area contributed by atoms with E-state index in [0.29, 0.717) is 0 Å². The van der Waals surface area contributed by atoms with E-state index in [1.165, 1.54) is 24.3 Å². The average Bonchev–Trinajstić information content (AvgIpc) is 2.30. The minimum atomic E-state index is -0.955. The van der Waals surface area contributed by atoms with Gasteiger partial charge in [-0.2, -0.15) is 0 Å². The Morgan fingerprint density at radius 1 is 0.812 bits per heavy atom. The predicted octanol–water partition coefficient (Wildman–Crippen LogP) is 1.36. The number of carbonyl (C=O) groups excluding carboxylic acids is 2. The summed E-state index contributed by atoms with van der Waals surface area (Å²) < 4.78 is 0. The standard InChI is InChI=1S/C8H4N2O6/c11-7(15-9-13)5-1-2-6(4-3-5)8(12)16-10-14/h1-4H. The van der Waals surface area contributed by atoms with E-state index >= 15 is 0 Å². The van der Waals surface area contributed by atoms with Crippen LogP contribution in [0.1, 0.15) is 20.7 Å². The van der Waals surface area contributed by atoms with E-state index in [-0.39, 0.29) is 11.1 Å². The van der Waals surface area contributed by atoms with E-state index < -0.39 is 11.9 Å². The molecule has 1 rings (SSSR count). The molecule has 0 aliphatic heterocycles. The fourth-order valence-electron chi connectivity index (χ4n) is 0.915. The Morgan fingerprint density at radius 2 is 1.12 bits per heavy atom. The first kappa shape index (κ1) is 11.4. The van der Waals surface area contributed by atoms with Gasteiger partial charge in [-0.1, -0.05) is 0 Å². The predicted molar refractivity (Wildman–Crippen MR) is 48.9 cm³/mol. The van der Waals surface area contributed by atoms with Gasteiger partial charge in [-0.15, -0.1) is 9.81 Å². The minimum absolute atomic E-state index is 0.0233. The number of nitrogens with zero attached hydrogens (tertiary/aromatic N) is 2. The van der Waals surface area contributed by atoms with Gasteiger partial charge >= 0.3 is 11.9 Å². The first-order valence-corrected chi connectivity index (χ1v) is 3.87. The highest BCUT2D eigenvalue weighted by Crippen LogP contribution is 2.07. The molecule has 0 spiro atoms. The van der Waals surface area contributed by atoms with Crippen LogP contribution in [0, 0.1) is 9.81 Å². The van der Waals surface area contributed by atoms with E-state index in [4.69, 9.17) is 0 Å². The Labute approximate surface area is 88.0 Å². The van der Waals surface area contributed by atoms with Gasteiger partial charge in [0.2, 0.25) is 0 Å². The van der Waals surface area contributed by atoms with Crippen molar-refractivity contribution in [3.8, 4) is 0 Å². The van der Waals surface area contributed by atoms with Gasteiger partial charge in [0, 0.05) is 0 Å². The molecule has 0 unspecified atom stereocenters. The van der Waals surface area contributed by atoms with Crippen LogP contribution in [0.15, 0.2) is 34.9 Å².